The molecule has 1 aromatic heterocycles. The van der Waals surface area contributed by atoms with E-state index in [-0.39, 0.29) is 5.91 Å². The van der Waals surface area contributed by atoms with Gasteiger partial charge in [0, 0.05) is 43.5 Å². The van der Waals surface area contributed by atoms with Crippen LogP contribution in [-0.4, -0.2) is 53.4 Å². The van der Waals surface area contributed by atoms with Gasteiger partial charge in [-0.25, -0.2) is 4.98 Å². The minimum absolute atomic E-state index is 0.0908. The molecule has 21 heavy (non-hydrogen) atoms. The van der Waals surface area contributed by atoms with Crippen molar-refractivity contribution >= 4 is 5.91 Å². The van der Waals surface area contributed by atoms with Crippen LogP contribution in [0.5, 0.6) is 0 Å². The maximum absolute atomic E-state index is 13.1. The van der Waals surface area contributed by atoms with Gasteiger partial charge >= 0.3 is 0 Å². The SMILES string of the molecule is CC(C)N(C)CC1CCN(C(=O)c2ccnc(F)c2)CC1. The molecule has 1 aromatic rings. The largest absolute Gasteiger partial charge is 0.339 e. The molecule has 4 nitrogen and oxygen atoms in total. The summed E-state index contributed by atoms with van der Waals surface area (Å²) >= 11 is 0. The zero-order valence-corrected chi connectivity index (χ0v) is 13.1. The summed E-state index contributed by atoms with van der Waals surface area (Å²) in [6.45, 7) is 6.95. The molecule has 2 rings (SSSR count). The van der Waals surface area contributed by atoms with Crippen LogP contribution < -0.4 is 0 Å². The molecular weight excluding hydrogens is 269 g/mol. The number of nitrogens with zero attached hydrogens (tertiary/aromatic N) is 3. The van der Waals surface area contributed by atoms with Gasteiger partial charge in [-0.1, -0.05) is 0 Å². The van der Waals surface area contributed by atoms with E-state index in [4.69, 9.17) is 0 Å². The lowest BCUT2D eigenvalue weighted by molar-refractivity contribution is 0.0665. The second kappa shape index (κ2) is 6.98. The topological polar surface area (TPSA) is 36.4 Å². The van der Waals surface area contributed by atoms with Crippen molar-refractivity contribution in [1.29, 1.82) is 0 Å². The average molecular weight is 293 g/mol. The molecule has 0 saturated carbocycles. The molecule has 1 aliphatic rings. The van der Waals surface area contributed by atoms with Crippen molar-refractivity contribution in [3.8, 4) is 0 Å². The number of piperidine rings is 1. The van der Waals surface area contributed by atoms with E-state index in [2.05, 4.69) is 30.8 Å². The molecule has 116 valence electrons. The smallest absolute Gasteiger partial charge is 0.254 e. The van der Waals surface area contributed by atoms with Crippen LogP contribution in [-0.2, 0) is 0 Å². The van der Waals surface area contributed by atoms with Crippen LogP contribution in [0.4, 0.5) is 4.39 Å². The van der Waals surface area contributed by atoms with E-state index in [1.165, 1.54) is 12.3 Å². The molecule has 1 fully saturated rings. The maximum Gasteiger partial charge on any atom is 0.254 e. The number of hydrogen-bond acceptors (Lipinski definition) is 3. The highest BCUT2D eigenvalue weighted by atomic mass is 19.1. The highest BCUT2D eigenvalue weighted by molar-refractivity contribution is 5.94. The van der Waals surface area contributed by atoms with Crippen molar-refractivity contribution in [2.75, 3.05) is 26.7 Å². The molecule has 0 N–H and O–H groups in total. The van der Waals surface area contributed by atoms with Crippen molar-refractivity contribution < 1.29 is 9.18 Å². The lowest BCUT2D eigenvalue weighted by Gasteiger charge is -2.35. The third kappa shape index (κ3) is 4.24. The van der Waals surface area contributed by atoms with Gasteiger partial charge < -0.3 is 9.80 Å². The fraction of sp³-hybridized carbons (Fsp3) is 0.625. The van der Waals surface area contributed by atoms with Crippen molar-refractivity contribution in [1.82, 2.24) is 14.8 Å². The van der Waals surface area contributed by atoms with Gasteiger partial charge in [0.15, 0.2) is 0 Å². The van der Waals surface area contributed by atoms with E-state index in [9.17, 15) is 9.18 Å². The number of amides is 1. The highest BCUT2D eigenvalue weighted by Gasteiger charge is 2.25. The van der Waals surface area contributed by atoms with Crippen LogP contribution in [0.2, 0.25) is 0 Å². The summed E-state index contributed by atoms with van der Waals surface area (Å²) in [6.07, 6.45) is 3.36. The Kier molecular flexibility index (Phi) is 5.28. The summed E-state index contributed by atoms with van der Waals surface area (Å²) in [5.74, 6) is -0.0584. The zero-order chi connectivity index (χ0) is 15.4. The van der Waals surface area contributed by atoms with Gasteiger partial charge in [-0.3, -0.25) is 4.79 Å². The first kappa shape index (κ1) is 15.9. The standard InChI is InChI=1S/C16H24FN3O/c1-12(2)19(3)11-13-5-8-20(9-6-13)16(21)14-4-7-18-15(17)10-14/h4,7,10,12-13H,5-6,8-9,11H2,1-3H3. The highest BCUT2D eigenvalue weighted by Crippen LogP contribution is 2.20. The molecule has 0 aliphatic carbocycles. The van der Waals surface area contributed by atoms with Crippen LogP contribution in [0.3, 0.4) is 0 Å². The number of carbonyl (C=O) groups excluding carboxylic acids is 1. The Labute approximate surface area is 126 Å². The quantitative estimate of drug-likeness (QED) is 0.800. The molecule has 1 aliphatic heterocycles. The van der Waals surface area contributed by atoms with Crippen LogP contribution in [0, 0.1) is 11.9 Å². The fourth-order valence-electron chi connectivity index (χ4n) is 2.65. The van der Waals surface area contributed by atoms with Crippen LogP contribution in [0.1, 0.15) is 37.0 Å². The van der Waals surface area contributed by atoms with Gasteiger partial charge in [0.25, 0.3) is 5.91 Å². The Balaban J connectivity index is 1.87. The molecule has 1 amide bonds. The summed E-state index contributed by atoms with van der Waals surface area (Å²) < 4.78 is 13.1. The molecule has 0 spiro atoms. The first-order valence-corrected chi connectivity index (χ1v) is 7.58. The van der Waals surface area contributed by atoms with E-state index in [1.807, 2.05) is 4.90 Å². The Morgan fingerprint density at radius 1 is 1.48 bits per heavy atom. The number of halogens is 1. The molecule has 1 saturated heterocycles. The number of hydrogen-bond donors (Lipinski definition) is 0. The van der Waals surface area contributed by atoms with Gasteiger partial charge in [-0.05, 0) is 45.7 Å². The molecule has 0 radical (unpaired) electrons. The van der Waals surface area contributed by atoms with E-state index in [0.717, 1.165) is 32.5 Å². The Morgan fingerprint density at radius 2 is 2.14 bits per heavy atom. The average Bonchev–Trinajstić information content (AvgIpc) is 2.47. The predicted molar refractivity (Wildman–Crippen MR) is 80.6 cm³/mol. The number of pyridine rings is 1. The number of carbonyl (C=O) groups is 1. The maximum atomic E-state index is 13.1. The molecule has 5 heteroatoms. The van der Waals surface area contributed by atoms with Crippen LogP contribution >= 0.6 is 0 Å². The van der Waals surface area contributed by atoms with Gasteiger partial charge in [0.2, 0.25) is 5.95 Å². The van der Waals surface area contributed by atoms with E-state index >= 15 is 0 Å². The van der Waals surface area contributed by atoms with E-state index < -0.39 is 5.95 Å². The minimum atomic E-state index is -0.603. The summed E-state index contributed by atoms with van der Waals surface area (Å²) in [5, 5.41) is 0. The molecular formula is C16H24FN3O. The summed E-state index contributed by atoms with van der Waals surface area (Å²) in [7, 11) is 2.14. The lowest BCUT2D eigenvalue weighted by atomic mass is 9.95. The zero-order valence-electron chi connectivity index (χ0n) is 13.1. The van der Waals surface area contributed by atoms with Gasteiger partial charge in [0.1, 0.15) is 0 Å². The molecule has 0 aromatic carbocycles. The third-order valence-corrected chi connectivity index (χ3v) is 4.30. The van der Waals surface area contributed by atoms with Gasteiger partial charge in [-0.15, -0.1) is 0 Å². The van der Waals surface area contributed by atoms with Crippen LogP contribution in [0.25, 0.3) is 0 Å². The predicted octanol–water partition coefficient (Wildman–Crippen LogP) is 2.41. The van der Waals surface area contributed by atoms with Crippen molar-refractivity contribution in [3.05, 3.63) is 29.8 Å². The molecule has 2 heterocycles. The Bertz CT molecular complexity index is 484. The second-order valence-electron chi connectivity index (χ2n) is 6.14. The number of aromatic nitrogens is 1. The van der Waals surface area contributed by atoms with Crippen molar-refractivity contribution in [2.45, 2.75) is 32.7 Å². The van der Waals surface area contributed by atoms with Gasteiger partial charge in [0.05, 0.1) is 0 Å². The monoisotopic (exact) mass is 293 g/mol. The number of rotatable bonds is 4. The minimum Gasteiger partial charge on any atom is -0.339 e. The Hall–Kier alpha value is -1.49. The first-order chi connectivity index (χ1) is 9.97. The molecule has 0 unspecified atom stereocenters. The lowest BCUT2D eigenvalue weighted by Crippen LogP contribution is -2.42. The first-order valence-electron chi connectivity index (χ1n) is 7.58. The van der Waals surface area contributed by atoms with E-state index in [0.29, 0.717) is 17.5 Å². The molecule has 0 atom stereocenters. The van der Waals surface area contributed by atoms with Crippen LogP contribution in [0.15, 0.2) is 18.3 Å². The Morgan fingerprint density at radius 3 is 2.71 bits per heavy atom. The van der Waals surface area contributed by atoms with E-state index in [1.54, 1.807) is 6.07 Å². The number of likely N-dealkylation sites (tertiary alicyclic amines) is 1. The summed E-state index contributed by atoms with van der Waals surface area (Å²) in [5.41, 5.74) is 0.389. The fourth-order valence-corrected chi connectivity index (χ4v) is 2.65. The van der Waals surface area contributed by atoms with Crippen molar-refractivity contribution in [3.63, 3.8) is 0 Å². The van der Waals surface area contributed by atoms with Gasteiger partial charge in [-0.2, -0.15) is 4.39 Å². The summed E-state index contributed by atoms with van der Waals surface area (Å²) in [4.78, 5) is 20.0. The van der Waals surface area contributed by atoms with Crippen molar-refractivity contribution in [2.24, 2.45) is 5.92 Å². The normalized spacial score (nSPS) is 16.8. The summed E-state index contributed by atoms with van der Waals surface area (Å²) in [6, 6.07) is 3.33. The second-order valence-corrected chi connectivity index (χ2v) is 6.14. The third-order valence-electron chi connectivity index (χ3n) is 4.30. The molecule has 0 bridgehead atoms.